The van der Waals surface area contributed by atoms with E-state index in [1.807, 2.05) is 5.01 Å². The van der Waals surface area contributed by atoms with Crippen molar-refractivity contribution in [1.82, 2.24) is 9.91 Å². The van der Waals surface area contributed by atoms with Gasteiger partial charge in [0.25, 0.3) is 0 Å². The third-order valence-electron chi connectivity index (χ3n) is 3.76. The van der Waals surface area contributed by atoms with E-state index in [-0.39, 0.29) is 0 Å². The average molecular weight is 211 g/mol. The van der Waals surface area contributed by atoms with Crippen LogP contribution < -0.4 is 5.84 Å². The number of hydrogen-bond donors (Lipinski definition) is 1. The highest BCUT2D eigenvalue weighted by molar-refractivity contribution is 5.75. The predicted octanol–water partition coefficient (Wildman–Crippen LogP) is 0.237. The Balaban J connectivity index is 1.70. The second-order valence-corrected chi connectivity index (χ2v) is 5.20. The summed E-state index contributed by atoms with van der Waals surface area (Å²) in [5.74, 6) is 6.04. The largest absolute Gasteiger partial charge is 0.302 e. The fourth-order valence-electron chi connectivity index (χ4n) is 2.69. The lowest BCUT2D eigenvalue weighted by atomic mass is 9.72. The summed E-state index contributed by atoms with van der Waals surface area (Å²) in [6, 6.07) is 0. The number of likely N-dealkylation sites (tertiary alicyclic amines) is 1. The van der Waals surface area contributed by atoms with Crippen molar-refractivity contribution in [2.24, 2.45) is 11.3 Å². The maximum Gasteiger partial charge on any atom is 0.131 e. The lowest BCUT2D eigenvalue weighted by Gasteiger charge is -2.53. The summed E-state index contributed by atoms with van der Waals surface area (Å²) in [4.78, 5) is 13.2. The van der Waals surface area contributed by atoms with Crippen LogP contribution in [0, 0.1) is 5.41 Å². The topological polar surface area (TPSA) is 49.6 Å². The molecule has 2 heterocycles. The second kappa shape index (κ2) is 4.20. The molecule has 0 atom stereocenters. The molecular formula is C11H21N3O. The number of hydrogen-bond acceptors (Lipinski definition) is 4. The molecule has 2 aliphatic heterocycles. The van der Waals surface area contributed by atoms with Crippen LogP contribution in [0.1, 0.15) is 26.2 Å². The Hall–Kier alpha value is -0.450. The smallest absolute Gasteiger partial charge is 0.131 e. The molecule has 2 rings (SSSR count). The summed E-state index contributed by atoms with van der Waals surface area (Å²) >= 11 is 0. The maximum atomic E-state index is 10.8. The van der Waals surface area contributed by atoms with E-state index in [1.54, 1.807) is 6.92 Å². The standard InChI is InChI=1S/C11H21N3O/c1-10(15)2-5-13-8-11(9-13)3-6-14(12)7-4-11/h2-9,12H2,1H3. The van der Waals surface area contributed by atoms with Crippen LogP contribution in [0.2, 0.25) is 0 Å². The molecule has 0 radical (unpaired) electrons. The molecule has 4 heteroatoms. The molecule has 0 bridgehead atoms. The minimum absolute atomic E-state index is 0.299. The van der Waals surface area contributed by atoms with Gasteiger partial charge in [-0.3, -0.25) is 10.6 Å². The number of hydrazine groups is 1. The molecular weight excluding hydrogens is 190 g/mol. The molecule has 0 aliphatic carbocycles. The molecule has 0 unspecified atom stereocenters. The summed E-state index contributed by atoms with van der Waals surface area (Å²) in [5.41, 5.74) is 0.534. The van der Waals surface area contributed by atoms with Crippen molar-refractivity contribution in [3.8, 4) is 0 Å². The van der Waals surface area contributed by atoms with Crippen molar-refractivity contribution in [3.63, 3.8) is 0 Å². The monoisotopic (exact) mass is 211 g/mol. The number of nitrogens with zero attached hydrogens (tertiary/aromatic N) is 2. The SMILES string of the molecule is CC(=O)CCN1CC2(CCN(N)CC2)C1. The van der Waals surface area contributed by atoms with Crippen LogP contribution in [0.15, 0.2) is 0 Å². The molecule has 15 heavy (non-hydrogen) atoms. The molecule has 2 saturated heterocycles. The van der Waals surface area contributed by atoms with E-state index in [2.05, 4.69) is 4.90 Å². The van der Waals surface area contributed by atoms with E-state index >= 15 is 0 Å². The van der Waals surface area contributed by atoms with Crippen molar-refractivity contribution >= 4 is 5.78 Å². The highest BCUT2D eigenvalue weighted by Gasteiger charge is 2.43. The highest BCUT2D eigenvalue weighted by atomic mass is 16.1. The van der Waals surface area contributed by atoms with E-state index in [0.29, 0.717) is 17.6 Å². The molecule has 86 valence electrons. The summed E-state index contributed by atoms with van der Waals surface area (Å²) in [6.45, 7) is 7.02. The number of piperidine rings is 1. The molecule has 0 saturated carbocycles. The first-order valence-corrected chi connectivity index (χ1v) is 5.81. The quantitative estimate of drug-likeness (QED) is 0.679. The van der Waals surface area contributed by atoms with Crippen LogP contribution in [-0.2, 0) is 4.79 Å². The van der Waals surface area contributed by atoms with Crippen LogP contribution in [0.25, 0.3) is 0 Å². The Morgan fingerprint density at radius 2 is 1.93 bits per heavy atom. The maximum absolute atomic E-state index is 10.8. The van der Waals surface area contributed by atoms with Crippen LogP contribution in [0.4, 0.5) is 0 Å². The third-order valence-corrected chi connectivity index (χ3v) is 3.76. The molecule has 2 aliphatic rings. The first-order valence-electron chi connectivity index (χ1n) is 5.81. The third kappa shape index (κ3) is 2.56. The van der Waals surface area contributed by atoms with E-state index in [4.69, 9.17) is 5.84 Å². The Labute approximate surface area is 91.4 Å². The number of ketones is 1. The summed E-state index contributed by atoms with van der Waals surface area (Å²) in [7, 11) is 0. The van der Waals surface area contributed by atoms with Gasteiger partial charge >= 0.3 is 0 Å². The lowest BCUT2D eigenvalue weighted by molar-refractivity contribution is -0.118. The van der Waals surface area contributed by atoms with Crippen molar-refractivity contribution in [2.75, 3.05) is 32.7 Å². The van der Waals surface area contributed by atoms with Gasteiger partial charge in [-0.15, -0.1) is 0 Å². The summed E-state index contributed by atoms with van der Waals surface area (Å²) in [5, 5.41) is 1.92. The number of carbonyl (C=O) groups excluding carboxylic acids is 1. The van der Waals surface area contributed by atoms with E-state index in [1.165, 1.54) is 25.9 Å². The van der Waals surface area contributed by atoms with E-state index in [0.717, 1.165) is 19.6 Å². The summed E-state index contributed by atoms with van der Waals surface area (Å²) in [6.07, 6.45) is 3.15. The second-order valence-electron chi connectivity index (χ2n) is 5.20. The lowest BCUT2D eigenvalue weighted by Crippen LogP contribution is -2.61. The van der Waals surface area contributed by atoms with E-state index < -0.39 is 0 Å². The number of rotatable bonds is 3. The van der Waals surface area contributed by atoms with Gasteiger partial charge in [0.1, 0.15) is 5.78 Å². The molecule has 2 fully saturated rings. The van der Waals surface area contributed by atoms with Gasteiger partial charge in [-0.25, -0.2) is 5.01 Å². The van der Waals surface area contributed by atoms with Crippen LogP contribution in [-0.4, -0.2) is 48.4 Å². The molecule has 0 amide bonds. The minimum Gasteiger partial charge on any atom is -0.302 e. The molecule has 0 aromatic rings. The van der Waals surface area contributed by atoms with E-state index in [9.17, 15) is 4.79 Å². The van der Waals surface area contributed by atoms with Gasteiger partial charge in [0.05, 0.1) is 0 Å². The van der Waals surface area contributed by atoms with Gasteiger partial charge in [0.15, 0.2) is 0 Å². The molecule has 0 aromatic heterocycles. The van der Waals surface area contributed by atoms with Gasteiger partial charge in [-0.1, -0.05) is 0 Å². The molecule has 4 nitrogen and oxygen atoms in total. The zero-order valence-electron chi connectivity index (χ0n) is 9.54. The molecule has 0 aromatic carbocycles. The number of Topliss-reactive ketones (excluding diaryl/α,β-unsaturated/α-hetero) is 1. The van der Waals surface area contributed by atoms with Gasteiger partial charge in [-0.2, -0.15) is 0 Å². The van der Waals surface area contributed by atoms with Crippen molar-refractivity contribution in [1.29, 1.82) is 0 Å². The van der Waals surface area contributed by atoms with Crippen molar-refractivity contribution < 1.29 is 4.79 Å². The zero-order chi connectivity index (χ0) is 10.9. The van der Waals surface area contributed by atoms with Gasteiger partial charge in [0.2, 0.25) is 0 Å². The van der Waals surface area contributed by atoms with Crippen molar-refractivity contribution in [3.05, 3.63) is 0 Å². The minimum atomic E-state index is 0.299. The van der Waals surface area contributed by atoms with Gasteiger partial charge in [0, 0.05) is 39.1 Å². The fourth-order valence-corrected chi connectivity index (χ4v) is 2.69. The highest BCUT2D eigenvalue weighted by Crippen LogP contribution is 2.39. The predicted molar refractivity (Wildman–Crippen MR) is 59.2 cm³/mol. The Morgan fingerprint density at radius 1 is 1.33 bits per heavy atom. The zero-order valence-corrected chi connectivity index (χ0v) is 9.54. The number of carbonyl (C=O) groups is 1. The molecule has 1 spiro atoms. The molecule has 2 N–H and O–H groups in total. The average Bonchev–Trinajstić information content (AvgIpc) is 2.14. The fraction of sp³-hybridized carbons (Fsp3) is 0.909. The van der Waals surface area contributed by atoms with Gasteiger partial charge < -0.3 is 4.90 Å². The Kier molecular flexibility index (Phi) is 3.09. The Morgan fingerprint density at radius 3 is 2.47 bits per heavy atom. The van der Waals surface area contributed by atoms with Gasteiger partial charge in [-0.05, 0) is 25.2 Å². The van der Waals surface area contributed by atoms with Crippen LogP contribution in [0.3, 0.4) is 0 Å². The normalized spacial score (nSPS) is 26.5. The van der Waals surface area contributed by atoms with Crippen LogP contribution >= 0.6 is 0 Å². The summed E-state index contributed by atoms with van der Waals surface area (Å²) < 4.78 is 0. The first kappa shape index (κ1) is 11.0. The van der Waals surface area contributed by atoms with Crippen LogP contribution in [0.5, 0.6) is 0 Å². The first-order chi connectivity index (χ1) is 7.10. The number of nitrogens with two attached hydrogens (primary N) is 1. The van der Waals surface area contributed by atoms with Crippen molar-refractivity contribution in [2.45, 2.75) is 26.2 Å². The Bertz CT molecular complexity index is 238.